The smallest absolute Gasteiger partial charge is 0.389 e. The Hall–Kier alpha value is -4.23. The van der Waals surface area contributed by atoms with Gasteiger partial charge in [0.25, 0.3) is 0 Å². The van der Waals surface area contributed by atoms with Crippen LogP contribution in [0.1, 0.15) is 30.9 Å². The van der Waals surface area contributed by atoms with E-state index in [-0.39, 0.29) is 17.1 Å². The van der Waals surface area contributed by atoms with E-state index < -0.39 is 52.7 Å². The van der Waals surface area contributed by atoms with Crippen LogP contribution in [0.5, 0.6) is 0 Å². The maximum Gasteiger partial charge on any atom is 0.417 e. The Labute approximate surface area is 234 Å². The molecule has 2 aromatic carbocycles. The number of alkyl halides is 3. The van der Waals surface area contributed by atoms with Crippen molar-refractivity contribution in [2.24, 2.45) is 11.5 Å². The molecule has 2 saturated heterocycles. The first kappa shape index (κ1) is 28.3. The molecule has 7 N–H and O–H groups in total. The van der Waals surface area contributed by atoms with Gasteiger partial charge in [-0.25, -0.2) is 9.97 Å². The van der Waals surface area contributed by atoms with Crippen LogP contribution in [0.4, 0.5) is 30.5 Å². The maximum atomic E-state index is 14.9. The van der Waals surface area contributed by atoms with Gasteiger partial charge in [0.1, 0.15) is 11.5 Å². The number of para-hydroxylation sites is 1. The molecule has 2 unspecified atom stereocenters. The monoisotopic (exact) mass is 569 g/mol. The van der Waals surface area contributed by atoms with Crippen molar-refractivity contribution < 1.29 is 27.9 Å². The molecule has 0 spiro atoms. The summed E-state index contributed by atoms with van der Waals surface area (Å²) in [6, 6.07) is 11.3. The van der Waals surface area contributed by atoms with Gasteiger partial charge in [0.2, 0.25) is 11.8 Å². The topological polar surface area (TPSA) is 165 Å². The summed E-state index contributed by atoms with van der Waals surface area (Å²) in [7, 11) is 0. The summed E-state index contributed by atoms with van der Waals surface area (Å²) in [5, 5.41) is 11.1. The van der Waals surface area contributed by atoms with Crippen LogP contribution in [0, 0.1) is 0 Å². The molecule has 3 heterocycles. The highest BCUT2D eigenvalue weighted by Crippen LogP contribution is 2.48. The number of primary amides is 1. The Bertz CT molecular complexity index is 1490. The number of carbonyl (C=O) groups excluding carboxylic acids is 2. The minimum absolute atomic E-state index is 0.274. The summed E-state index contributed by atoms with van der Waals surface area (Å²) >= 11 is 0. The summed E-state index contributed by atoms with van der Waals surface area (Å²) in [6.07, 6.45) is -4.28. The molecule has 2 aliphatic heterocycles. The minimum Gasteiger partial charge on any atom is -0.389 e. The van der Waals surface area contributed by atoms with E-state index in [1.165, 1.54) is 24.4 Å². The molecule has 41 heavy (non-hydrogen) atoms. The molecule has 0 saturated carbocycles. The van der Waals surface area contributed by atoms with Crippen molar-refractivity contribution in [2.75, 3.05) is 35.2 Å². The number of piperidine rings is 1. The Morgan fingerprint density at radius 3 is 2.34 bits per heavy atom. The zero-order chi connectivity index (χ0) is 29.7. The number of rotatable bonds is 5. The van der Waals surface area contributed by atoms with Crippen LogP contribution in [0.25, 0.3) is 11.3 Å². The molecule has 0 aliphatic carbocycles. The van der Waals surface area contributed by atoms with E-state index in [4.69, 9.17) is 17.2 Å². The van der Waals surface area contributed by atoms with Crippen LogP contribution < -0.4 is 27.0 Å². The van der Waals surface area contributed by atoms with Crippen LogP contribution in [0.3, 0.4) is 0 Å². The van der Waals surface area contributed by atoms with E-state index in [0.717, 1.165) is 17.0 Å². The lowest BCUT2D eigenvalue weighted by Gasteiger charge is -2.37. The molecule has 2 amide bonds. The van der Waals surface area contributed by atoms with Gasteiger partial charge in [0.05, 0.1) is 24.4 Å². The minimum atomic E-state index is -5.10. The average molecular weight is 570 g/mol. The SMILES string of the molecule is CC1(N)CCN(c2cnc(-c3cccc(C4(C(N)=O)C(=O)N(c5ccccc5)CC4O)c3C(F)(F)F)c(N)n2)CC1. The van der Waals surface area contributed by atoms with E-state index in [2.05, 4.69) is 9.97 Å². The number of hydrogen-bond donors (Lipinski definition) is 4. The van der Waals surface area contributed by atoms with Gasteiger partial charge < -0.3 is 32.1 Å². The normalized spacial score (nSPS) is 22.7. The van der Waals surface area contributed by atoms with E-state index in [9.17, 15) is 27.9 Å². The van der Waals surface area contributed by atoms with Crippen molar-refractivity contribution in [3.05, 3.63) is 65.9 Å². The Kier molecular flexibility index (Phi) is 6.90. The van der Waals surface area contributed by atoms with Crippen molar-refractivity contribution in [1.29, 1.82) is 0 Å². The molecule has 13 heteroatoms. The zero-order valence-electron chi connectivity index (χ0n) is 22.2. The zero-order valence-corrected chi connectivity index (χ0v) is 22.2. The third kappa shape index (κ3) is 4.74. The molecular weight excluding hydrogens is 539 g/mol. The molecule has 5 rings (SSSR count). The quantitative estimate of drug-likeness (QED) is 0.340. The highest BCUT2D eigenvalue weighted by atomic mass is 19.4. The molecule has 2 atom stereocenters. The first-order chi connectivity index (χ1) is 19.3. The number of nitrogen functional groups attached to an aromatic ring is 1. The number of hydrogen-bond acceptors (Lipinski definition) is 8. The molecule has 2 aliphatic rings. The highest BCUT2D eigenvalue weighted by molar-refractivity contribution is 6.19. The number of nitrogens with two attached hydrogens (primary N) is 3. The van der Waals surface area contributed by atoms with Gasteiger partial charge in [-0.05, 0) is 37.5 Å². The summed E-state index contributed by atoms with van der Waals surface area (Å²) in [5.41, 5.74) is 12.3. The van der Waals surface area contributed by atoms with E-state index in [1.54, 1.807) is 18.2 Å². The standard InChI is InChI=1S/C28H30F3N7O3/c1-26(34)10-12-37(13-11-26)20-14-35-22(23(32)36-20)17-8-5-9-18(21(17)28(29,30)31)27(24(33)40)19(39)15-38(25(27)41)16-6-3-2-4-7-16/h2-9,14,19,39H,10-13,15,34H2,1H3,(H2,32,36)(H2,33,40). The number of nitrogens with zero attached hydrogens (tertiary/aromatic N) is 4. The molecule has 3 aromatic rings. The number of anilines is 3. The van der Waals surface area contributed by atoms with Crippen LogP contribution in [-0.2, 0) is 21.2 Å². The largest absolute Gasteiger partial charge is 0.417 e. The predicted octanol–water partition coefficient (Wildman–Crippen LogP) is 2.19. The van der Waals surface area contributed by atoms with Gasteiger partial charge in [0.15, 0.2) is 11.2 Å². The Morgan fingerprint density at radius 1 is 1.10 bits per heavy atom. The van der Waals surface area contributed by atoms with E-state index in [1.807, 2.05) is 11.8 Å². The molecule has 0 bridgehead atoms. The van der Waals surface area contributed by atoms with Gasteiger partial charge in [0, 0.05) is 29.9 Å². The fourth-order valence-corrected chi connectivity index (χ4v) is 5.66. The van der Waals surface area contributed by atoms with Gasteiger partial charge in [-0.2, -0.15) is 13.2 Å². The molecule has 10 nitrogen and oxygen atoms in total. The number of β-amino-alcohol motifs (C(OH)–C–C–N with tert-alkyl or cyclic N) is 1. The molecule has 216 valence electrons. The number of benzene rings is 2. The summed E-state index contributed by atoms with van der Waals surface area (Å²) in [6.45, 7) is 2.65. The lowest BCUT2D eigenvalue weighted by Crippen LogP contribution is -2.54. The second-order valence-electron chi connectivity index (χ2n) is 10.8. The summed E-state index contributed by atoms with van der Waals surface area (Å²) in [4.78, 5) is 38.2. The van der Waals surface area contributed by atoms with Gasteiger partial charge >= 0.3 is 6.18 Å². The maximum absolute atomic E-state index is 14.9. The Balaban J connectivity index is 1.64. The van der Waals surface area contributed by atoms with Crippen LogP contribution in [0.2, 0.25) is 0 Å². The second kappa shape index (κ2) is 10.00. The van der Waals surface area contributed by atoms with Crippen molar-refractivity contribution in [3.63, 3.8) is 0 Å². The van der Waals surface area contributed by atoms with Crippen molar-refractivity contribution in [1.82, 2.24) is 9.97 Å². The van der Waals surface area contributed by atoms with Crippen molar-refractivity contribution in [2.45, 2.75) is 43.0 Å². The number of aliphatic hydroxyl groups excluding tert-OH is 1. The Morgan fingerprint density at radius 2 is 1.76 bits per heavy atom. The van der Waals surface area contributed by atoms with E-state index in [0.29, 0.717) is 37.4 Å². The number of aliphatic hydroxyl groups is 1. The molecule has 0 radical (unpaired) electrons. The third-order valence-electron chi connectivity index (χ3n) is 7.94. The fourth-order valence-electron chi connectivity index (χ4n) is 5.66. The van der Waals surface area contributed by atoms with Crippen molar-refractivity contribution >= 4 is 29.1 Å². The summed E-state index contributed by atoms with van der Waals surface area (Å²) < 4.78 is 44.6. The number of carbonyl (C=O) groups is 2. The molecule has 2 fully saturated rings. The molecular formula is C28H30F3N7O3. The highest BCUT2D eigenvalue weighted by Gasteiger charge is 2.62. The lowest BCUT2D eigenvalue weighted by atomic mass is 9.73. The van der Waals surface area contributed by atoms with Crippen molar-refractivity contribution in [3.8, 4) is 11.3 Å². The number of aromatic nitrogens is 2. The van der Waals surface area contributed by atoms with Crippen LogP contribution >= 0.6 is 0 Å². The number of halogens is 3. The second-order valence-corrected chi connectivity index (χ2v) is 10.8. The predicted molar refractivity (Wildman–Crippen MR) is 147 cm³/mol. The van der Waals surface area contributed by atoms with Gasteiger partial charge in [-0.3, -0.25) is 9.59 Å². The third-order valence-corrected chi connectivity index (χ3v) is 7.94. The van der Waals surface area contributed by atoms with E-state index >= 15 is 0 Å². The van der Waals surface area contributed by atoms with Gasteiger partial charge in [-0.15, -0.1) is 0 Å². The van der Waals surface area contributed by atoms with Crippen LogP contribution in [0.15, 0.2) is 54.7 Å². The average Bonchev–Trinajstić information content (AvgIpc) is 3.18. The van der Waals surface area contributed by atoms with Crippen LogP contribution in [-0.4, -0.2) is 58.2 Å². The first-order valence-corrected chi connectivity index (χ1v) is 13.0. The first-order valence-electron chi connectivity index (χ1n) is 13.0. The number of amides is 2. The summed E-state index contributed by atoms with van der Waals surface area (Å²) in [5.74, 6) is -2.37. The molecule has 1 aromatic heterocycles. The van der Waals surface area contributed by atoms with Gasteiger partial charge in [-0.1, -0.05) is 36.4 Å². The fraction of sp³-hybridized carbons (Fsp3) is 0.357. The lowest BCUT2D eigenvalue weighted by molar-refractivity contribution is -0.141.